The van der Waals surface area contributed by atoms with Gasteiger partial charge in [-0.15, -0.1) is 0 Å². The maximum absolute atomic E-state index is 12.4. The standard InChI is InChI=1S/C15H12N6O3S/c22-13(20-14-16-6-2-7-17-14)11-4-1-5-12(10-11)25(23,24)21-15-18-8-3-9-19-15/h1-10H,(H,18,19,21)(H,16,17,20,22). The van der Waals surface area contributed by atoms with Crippen molar-refractivity contribution in [2.45, 2.75) is 4.90 Å². The van der Waals surface area contributed by atoms with E-state index in [4.69, 9.17) is 0 Å². The molecule has 0 spiro atoms. The van der Waals surface area contributed by atoms with E-state index in [2.05, 4.69) is 30.0 Å². The predicted molar refractivity (Wildman–Crippen MR) is 89.3 cm³/mol. The van der Waals surface area contributed by atoms with Gasteiger partial charge in [0.25, 0.3) is 15.9 Å². The van der Waals surface area contributed by atoms with E-state index in [0.29, 0.717) is 0 Å². The summed E-state index contributed by atoms with van der Waals surface area (Å²) < 4.78 is 27.0. The Balaban J connectivity index is 1.82. The van der Waals surface area contributed by atoms with E-state index in [1.807, 2.05) is 0 Å². The van der Waals surface area contributed by atoms with Crippen LogP contribution in [0.3, 0.4) is 0 Å². The van der Waals surface area contributed by atoms with E-state index < -0.39 is 15.9 Å². The van der Waals surface area contributed by atoms with Crippen molar-refractivity contribution in [1.82, 2.24) is 19.9 Å². The quantitative estimate of drug-likeness (QED) is 0.706. The first-order valence-electron chi connectivity index (χ1n) is 7.03. The zero-order valence-corrected chi connectivity index (χ0v) is 13.5. The normalized spacial score (nSPS) is 10.9. The number of sulfonamides is 1. The van der Waals surface area contributed by atoms with E-state index in [0.717, 1.165) is 0 Å². The van der Waals surface area contributed by atoms with Crippen molar-refractivity contribution in [2.24, 2.45) is 0 Å². The summed E-state index contributed by atoms with van der Waals surface area (Å²) in [4.78, 5) is 27.5. The molecular formula is C15H12N6O3S. The first-order chi connectivity index (χ1) is 12.0. The molecule has 0 bridgehead atoms. The molecule has 0 radical (unpaired) electrons. The molecule has 1 aromatic carbocycles. The summed E-state index contributed by atoms with van der Waals surface area (Å²) >= 11 is 0. The molecule has 2 heterocycles. The molecule has 0 unspecified atom stereocenters. The van der Waals surface area contributed by atoms with Gasteiger partial charge in [0.2, 0.25) is 11.9 Å². The third-order valence-corrected chi connectivity index (χ3v) is 4.31. The fourth-order valence-electron chi connectivity index (χ4n) is 1.87. The van der Waals surface area contributed by atoms with Crippen LogP contribution >= 0.6 is 0 Å². The Hall–Kier alpha value is -3.40. The second-order valence-electron chi connectivity index (χ2n) is 4.73. The second kappa shape index (κ2) is 7.01. The molecule has 0 saturated carbocycles. The number of nitrogens with zero attached hydrogens (tertiary/aromatic N) is 4. The summed E-state index contributed by atoms with van der Waals surface area (Å²) in [6.45, 7) is 0. The SMILES string of the molecule is O=C(Nc1ncccn1)c1cccc(S(=O)(=O)Nc2ncccn2)c1. The molecule has 126 valence electrons. The van der Waals surface area contributed by atoms with Crippen LogP contribution in [0, 0.1) is 0 Å². The van der Waals surface area contributed by atoms with Crippen molar-refractivity contribution in [3.8, 4) is 0 Å². The lowest BCUT2D eigenvalue weighted by Crippen LogP contribution is -2.17. The van der Waals surface area contributed by atoms with Gasteiger partial charge < -0.3 is 0 Å². The zero-order chi connectivity index (χ0) is 17.7. The second-order valence-corrected chi connectivity index (χ2v) is 6.41. The van der Waals surface area contributed by atoms with Gasteiger partial charge in [-0.25, -0.2) is 33.1 Å². The van der Waals surface area contributed by atoms with E-state index in [1.165, 1.54) is 49.1 Å². The number of anilines is 2. The molecular weight excluding hydrogens is 344 g/mol. The Morgan fingerprint density at radius 3 is 2.08 bits per heavy atom. The first-order valence-corrected chi connectivity index (χ1v) is 8.51. The van der Waals surface area contributed by atoms with Gasteiger partial charge in [-0.1, -0.05) is 6.07 Å². The Kier molecular flexibility index (Phi) is 4.61. The number of hydrogen-bond acceptors (Lipinski definition) is 7. The van der Waals surface area contributed by atoms with Crippen molar-refractivity contribution in [1.29, 1.82) is 0 Å². The van der Waals surface area contributed by atoms with Crippen LogP contribution in [-0.4, -0.2) is 34.3 Å². The van der Waals surface area contributed by atoms with E-state index in [9.17, 15) is 13.2 Å². The van der Waals surface area contributed by atoms with Gasteiger partial charge >= 0.3 is 0 Å². The molecule has 0 fully saturated rings. The van der Waals surface area contributed by atoms with Crippen molar-refractivity contribution >= 4 is 27.8 Å². The summed E-state index contributed by atoms with van der Waals surface area (Å²) in [6.07, 6.45) is 5.78. The summed E-state index contributed by atoms with van der Waals surface area (Å²) in [5.41, 5.74) is 0.143. The van der Waals surface area contributed by atoms with Gasteiger partial charge in [0.05, 0.1) is 4.90 Å². The van der Waals surface area contributed by atoms with Crippen molar-refractivity contribution in [2.75, 3.05) is 10.0 Å². The molecule has 10 heteroatoms. The minimum atomic E-state index is -3.93. The maximum Gasteiger partial charge on any atom is 0.264 e. The topological polar surface area (TPSA) is 127 Å². The highest BCUT2D eigenvalue weighted by atomic mass is 32.2. The van der Waals surface area contributed by atoms with Crippen LogP contribution in [0.2, 0.25) is 0 Å². The van der Waals surface area contributed by atoms with Crippen LogP contribution in [0.4, 0.5) is 11.9 Å². The minimum Gasteiger partial charge on any atom is -0.290 e. The average Bonchev–Trinajstić information content (AvgIpc) is 2.63. The molecule has 0 aliphatic heterocycles. The number of hydrogen-bond donors (Lipinski definition) is 2. The number of amides is 1. The largest absolute Gasteiger partial charge is 0.290 e. The monoisotopic (exact) mass is 356 g/mol. The smallest absolute Gasteiger partial charge is 0.264 e. The number of rotatable bonds is 5. The Morgan fingerprint density at radius 1 is 0.840 bits per heavy atom. The highest BCUT2D eigenvalue weighted by molar-refractivity contribution is 7.92. The first kappa shape index (κ1) is 16.5. The van der Waals surface area contributed by atoms with Gasteiger partial charge in [-0.3, -0.25) is 10.1 Å². The molecule has 1 amide bonds. The van der Waals surface area contributed by atoms with Gasteiger partial charge in [0.15, 0.2) is 0 Å². The molecule has 0 aliphatic carbocycles. The molecule has 9 nitrogen and oxygen atoms in total. The lowest BCUT2D eigenvalue weighted by molar-refractivity contribution is 0.102. The van der Waals surface area contributed by atoms with Crippen LogP contribution in [0.25, 0.3) is 0 Å². The van der Waals surface area contributed by atoms with Crippen LogP contribution in [0.15, 0.2) is 66.1 Å². The van der Waals surface area contributed by atoms with Gasteiger partial charge in [-0.2, -0.15) is 0 Å². The highest BCUT2D eigenvalue weighted by Crippen LogP contribution is 2.15. The molecule has 0 saturated heterocycles. The van der Waals surface area contributed by atoms with E-state index in [1.54, 1.807) is 12.1 Å². The number of nitrogens with one attached hydrogen (secondary N) is 2. The average molecular weight is 356 g/mol. The highest BCUT2D eigenvalue weighted by Gasteiger charge is 2.18. The Bertz CT molecular complexity index is 980. The minimum absolute atomic E-state index is 0.0601. The Morgan fingerprint density at radius 2 is 1.44 bits per heavy atom. The van der Waals surface area contributed by atoms with Crippen LogP contribution in [0.5, 0.6) is 0 Å². The maximum atomic E-state index is 12.4. The molecule has 0 atom stereocenters. The zero-order valence-electron chi connectivity index (χ0n) is 12.7. The lowest BCUT2D eigenvalue weighted by atomic mass is 10.2. The third-order valence-electron chi connectivity index (χ3n) is 2.99. The molecule has 2 N–H and O–H groups in total. The fraction of sp³-hybridized carbons (Fsp3) is 0. The molecule has 3 aromatic rings. The van der Waals surface area contributed by atoms with Gasteiger partial charge in [-0.05, 0) is 30.3 Å². The Labute approximate surface area is 143 Å². The van der Waals surface area contributed by atoms with Crippen LogP contribution in [-0.2, 0) is 10.0 Å². The fourth-order valence-corrected chi connectivity index (χ4v) is 2.88. The molecule has 2 aromatic heterocycles. The predicted octanol–water partition coefficient (Wildman–Crippen LogP) is 1.32. The van der Waals surface area contributed by atoms with Crippen LogP contribution < -0.4 is 10.0 Å². The van der Waals surface area contributed by atoms with Gasteiger partial charge in [0, 0.05) is 30.4 Å². The third kappa shape index (κ3) is 4.12. The molecule has 25 heavy (non-hydrogen) atoms. The van der Waals surface area contributed by atoms with E-state index >= 15 is 0 Å². The van der Waals surface area contributed by atoms with Crippen molar-refractivity contribution < 1.29 is 13.2 Å². The summed E-state index contributed by atoms with van der Waals surface area (Å²) in [6, 6.07) is 8.72. The molecule has 3 rings (SSSR count). The lowest BCUT2D eigenvalue weighted by Gasteiger charge is -2.08. The van der Waals surface area contributed by atoms with Crippen molar-refractivity contribution in [3.05, 3.63) is 66.7 Å². The number of carbonyl (C=O) groups is 1. The van der Waals surface area contributed by atoms with Crippen LogP contribution in [0.1, 0.15) is 10.4 Å². The van der Waals surface area contributed by atoms with E-state index in [-0.39, 0.29) is 22.4 Å². The number of benzene rings is 1. The van der Waals surface area contributed by atoms with Crippen molar-refractivity contribution in [3.63, 3.8) is 0 Å². The number of aromatic nitrogens is 4. The summed E-state index contributed by atoms with van der Waals surface area (Å²) in [5, 5.41) is 2.49. The molecule has 0 aliphatic rings. The van der Waals surface area contributed by atoms with Gasteiger partial charge in [0.1, 0.15) is 0 Å². The number of carbonyl (C=O) groups excluding carboxylic acids is 1. The summed E-state index contributed by atoms with van der Waals surface area (Å²) in [7, 11) is -3.93. The summed E-state index contributed by atoms with van der Waals surface area (Å²) in [5.74, 6) is -0.467.